The van der Waals surface area contributed by atoms with Gasteiger partial charge in [0.25, 0.3) is 0 Å². The van der Waals surface area contributed by atoms with Crippen LogP contribution < -0.4 is 0 Å². The maximum atomic E-state index is 13.1. The number of carbonyl (C=O) groups is 1. The van der Waals surface area contributed by atoms with Gasteiger partial charge in [0.15, 0.2) is 5.78 Å². The number of ketones is 1. The van der Waals surface area contributed by atoms with Crippen molar-refractivity contribution in [2.24, 2.45) is 0 Å². The number of carbonyl (C=O) groups excluding carboxylic acids is 1. The quantitative estimate of drug-likeness (QED) is 0.642. The van der Waals surface area contributed by atoms with E-state index in [1.165, 1.54) is 23.5 Å². The smallest absolute Gasteiger partial charge is 0.177 e. The van der Waals surface area contributed by atoms with Gasteiger partial charge >= 0.3 is 0 Å². The summed E-state index contributed by atoms with van der Waals surface area (Å²) >= 11 is 1.42. The molecule has 0 bridgehead atoms. The number of hydrogen-bond donors (Lipinski definition) is 0. The van der Waals surface area contributed by atoms with Crippen LogP contribution in [-0.4, -0.2) is 5.78 Å². The number of halogens is 1. The molecule has 1 heterocycles. The predicted octanol–water partition coefficient (Wildman–Crippen LogP) is 4.47. The lowest BCUT2D eigenvalue weighted by Gasteiger charge is -1.97. The zero-order valence-corrected chi connectivity index (χ0v) is 10.9. The third-order valence-electron chi connectivity index (χ3n) is 2.96. The molecular weight excluding hydrogens is 259 g/mol. The summed E-state index contributed by atoms with van der Waals surface area (Å²) in [4.78, 5) is 12.9. The molecule has 0 saturated heterocycles. The Hall–Kier alpha value is -2.00. The Morgan fingerprint density at radius 1 is 1.05 bits per heavy atom. The SMILES string of the molecule is O=C(Cc1ccccc1)c1cc2cc(F)ccc2s1. The van der Waals surface area contributed by atoms with E-state index in [0.29, 0.717) is 11.3 Å². The summed E-state index contributed by atoms with van der Waals surface area (Å²) in [6.07, 6.45) is 0.385. The van der Waals surface area contributed by atoms with Gasteiger partial charge in [-0.05, 0) is 35.2 Å². The Morgan fingerprint density at radius 3 is 2.63 bits per heavy atom. The zero-order chi connectivity index (χ0) is 13.2. The van der Waals surface area contributed by atoms with Gasteiger partial charge in [0.2, 0.25) is 0 Å². The van der Waals surface area contributed by atoms with E-state index in [0.717, 1.165) is 15.6 Å². The van der Waals surface area contributed by atoms with Gasteiger partial charge in [0, 0.05) is 11.1 Å². The fraction of sp³-hybridized carbons (Fsp3) is 0.0625. The van der Waals surface area contributed by atoms with E-state index in [2.05, 4.69) is 0 Å². The van der Waals surface area contributed by atoms with Gasteiger partial charge in [-0.3, -0.25) is 4.79 Å². The first kappa shape index (κ1) is 12.1. The zero-order valence-electron chi connectivity index (χ0n) is 10.1. The van der Waals surface area contributed by atoms with Crippen molar-refractivity contribution < 1.29 is 9.18 Å². The molecule has 1 aromatic heterocycles. The van der Waals surface area contributed by atoms with Crippen molar-refractivity contribution in [3.05, 3.63) is 70.9 Å². The molecule has 94 valence electrons. The number of hydrogen-bond acceptors (Lipinski definition) is 2. The van der Waals surface area contributed by atoms with Crippen LogP contribution in [0.25, 0.3) is 10.1 Å². The maximum absolute atomic E-state index is 13.1. The highest BCUT2D eigenvalue weighted by molar-refractivity contribution is 7.20. The molecule has 0 atom stereocenters. The van der Waals surface area contributed by atoms with E-state index in [-0.39, 0.29) is 11.6 Å². The first-order valence-electron chi connectivity index (χ1n) is 5.98. The van der Waals surface area contributed by atoms with Crippen LogP contribution in [-0.2, 0) is 6.42 Å². The molecule has 0 radical (unpaired) electrons. The molecule has 0 unspecified atom stereocenters. The van der Waals surface area contributed by atoms with Gasteiger partial charge in [-0.25, -0.2) is 4.39 Å². The van der Waals surface area contributed by atoms with Gasteiger partial charge in [-0.15, -0.1) is 11.3 Å². The average Bonchev–Trinajstić information content (AvgIpc) is 2.83. The molecule has 3 rings (SSSR count). The number of benzene rings is 2. The monoisotopic (exact) mass is 270 g/mol. The minimum absolute atomic E-state index is 0.0767. The fourth-order valence-electron chi connectivity index (χ4n) is 2.02. The Bertz CT molecular complexity index is 731. The Morgan fingerprint density at radius 2 is 1.84 bits per heavy atom. The topological polar surface area (TPSA) is 17.1 Å². The lowest BCUT2D eigenvalue weighted by molar-refractivity contribution is 0.0997. The van der Waals surface area contributed by atoms with Crippen molar-refractivity contribution in [2.75, 3.05) is 0 Å². The molecule has 2 aromatic carbocycles. The van der Waals surface area contributed by atoms with E-state index in [1.807, 2.05) is 30.3 Å². The average molecular weight is 270 g/mol. The summed E-state index contributed by atoms with van der Waals surface area (Å²) in [5, 5.41) is 0.793. The highest BCUT2D eigenvalue weighted by Gasteiger charge is 2.11. The molecule has 0 aliphatic heterocycles. The van der Waals surface area contributed by atoms with Gasteiger partial charge in [0.05, 0.1) is 4.88 Å². The molecule has 3 heteroatoms. The largest absolute Gasteiger partial charge is 0.293 e. The summed E-state index contributed by atoms with van der Waals surface area (Å²) < 4.78 is 14.1. The molecule has 0 amide bonds. The van der Waals surface area contributed by atoms with Crippen LogP contribution in [0, 0.1) is 5.82 Å². The van der Waals surface area contributed by atoms with Crippen LogP contribution in [0.2, 0.25) is 0 Å². The molecule has 1 nitrogen and oxygen atoms in total. The highest BCUT2D eigenvalue weighted by atomic mass is 32.1. The van der Waals surface area contributed by atoms with E-state index in [1.54, 1.807) is 12.1 Å². The second kappa shape index (κ2) is 4.94. The molecular formula is C16H11FOS. The molecule has 0 N–H and O–H groups in total. The molecule has 3 aromatic rings. The van der Waals surface area contributed by atoms with Crippen LogP contribution in [0.3, 0.4) is 0 Å². The minimum Gasteiger partial charge on any atom is -0.293 e. The maximum Gasteiger partial charge on any atom is 0.177 e. The molecule has 0 spiro atoms. The summed E-state index contributed by atoms with van der Waals surface area (Å²) in [5.41, 5.74) is 0.996. The van der Waals surface area contributed by atoms with Crippen molar-refractivity contribution in [1.29, 1.82) is 0 Å². The molecule has 19 heavy (non-hydrogen) atoms. The Balaban J connectivity index is 1.89. The second-order valence-corrected chi connectivity index (χ2v) is 5.46. The van der Waals surface area contributed by atoms with Crippen LogP contribution >= 0.6 is 11.3 Å². The normalized spacial score (nSPS) is 10.8. The molecule has 0 aliphatic carbocycles. The predicted molar refractivity (Wildman–Crippen MR) is 76.3 cm³/mol. The summed E-state index contributed by atoms with van der Waals surface area (Å²) in [6.45, 7) is 0. The van der Waals surface area contributed by atoms with Gasteiger partial charge in [-0.2, -0.15) is 0 Å². The van der Waals surface area contributed by atoms with Crippen molar-refractivity contribution >= 4 is 27.2 Å². The van der Waals surface area contributed by atoms with Crippen LogP contribution in [0.4, 0.5) is 4.39 Å². The number of thiophene rings is 1. The van der Waals surface area contributed by atoms with Crippen molar-refractivity contribution in [3.8, 4) is 0 Å². The van der Waals surface area contributed by atoms with Crippen molar-refractivity contribution in [2.45, 2.75) is 6.42 Å². The first-order valence-corrected chi connectivity index (χ1v) is 6.80. The lowest BCUT2D eigenvalue weighted by atomic mass is 10.1. The van der Waals surface area contributed by atoms with Crippen LogP contribution in [0.5, 0.6) is 0 Å². The number of Topliss-reactive ketones (excluding diaryl/α,β-unsaturated/α-hetero) is 1. The minimum atomic E-state index is -0.271. The molecule has 0 fully saturated rings. The molecule has 0 saturated carbocycles. The third-order valence-corrected chi connectivity index (χ3v) is 4.12. The Kier molecular flexibility index (Phi) is 3.13. The van der Waals surface area contributed by atoms with Crippen molar-refractivity contribution in [1.82, 2.24) is 0 Å². The van der Waals surface area contributed by atoms with E-state index >= 15 is 0 Å². The van der Waals surface area contributed by atoms with Crippen molar-refractivity contribution in [3.63, 3.8) is 0 Å². The summed E-state index contributed by atoms with van der Waals surface area (Å²) in [5.74, 6) is -0.194. The first-order chi connectivity index (χ1) is 9.22. The van der Waals surface area contributed by atoms with E-state index in [9.17, 15) is 9.18 Å². The Labute approximate surface area is 114 Å². The third kappa shape index (κ3) is 2.56. The van der Waals surface area contributed by atoms with Gasteiger partial charge in [0.1, 0.15) is 5.82 Å². The second-order valence-electron chi connectivity index (χ2n) is 4.38. The van der Waals surface area contributed by atoms with Crippen LogP contribution in [0.1, 0.15) is 15.2 Å². The summed E-state index contributed by atoms with van der Waals surface area (Å²) in [6, 6.07) is 16.0. The molecule has 0 aliphatic rings. The van der Waals surface area contributed by atoms with Gasteiger partial charge in [-0.1, -0.05) is 30.3 Å². The standard InChI is InChI=1S/C16H11FOS/c17-13-6-7-15-12(9-13)10-16(19-15)14(18)8-11-4-2-1-3-5-11/h1-7,9-10H,8H2. The highest BCUT2D eigenvalue weighted by Crippen LogP contribution is 2.27. The number of rotatable bonds is 3. The fourth-order valence-corrected chi connectivity index (χ4v) is 3.00. The van der Waals surface area contributed by atoms with E-state index in [4.69, 9.17) is 0 Å². The van der Waals surface area contributed by atoms with Gasteiger partial charge < -0.3 is 0 Å². The van der Waals surface area contributed by atoms with E-state index < -0.39 is 0 Å². The number of fused-ring (bicyclic) bond motifs is 1. The lowest BCUT2D eigenvalue weighted by Crippen LogP contribution is -2.00. The summed E-state index contributed by atoms with van der Waals surface area (Å²) in [7, 11) is 0. The van der Waals surface area contributed by atoms with Crippen LogP contribution in [0.15, 0.2) is 54.6 Å².